The van der Waals surface area contributed by atoms with Gasteiger partial charge in [0.05, 0.1) is 6.10 Å². The van der Waals surface area contributed by atoms with Crippen LogP contribution in [0, 0.1) is 5.92 Å². The zero-order valence-electron chi connectivity index (χ0n) is 19.9. The molecule has 0 spiro atoms. The molecular formula is C22H43IN4O3. The largest absolute Gasteiger partial charge is 0.444 e. The van der Waals surface area contributed by atoms with Crippen LogP contribution >= 0.6 is 24.0 Å². The lowest BCUT2D eigenvalue weighted by molar-refractivity contribution is 0.00545. The number of guanidine groups is 1. The summed E-state index contributed by atoms with van der Waals surface area (Å²) < 4.78 is 11.5. The van der Waals surface area contributed by atoms with Crippen molar-refractivity contribution in [2.75, 3.05) is 20.2 Å². The maximum atomic E-state index is 12.6. The number of rotatable bonds is 7. The summed E-state index contributed by atoms with van der Waals surface area (Å²) in [7, 11) is 1.81. The van der Waals surface area contributed by atoms with Crippen LogP contribution in [-0.4, -0.2) is 67.0 Å². The Morgan fingerprint density at radius 1 is 1.20 bits per heavy atom. The monoisotopic (exact) mass is 538 g/mol. The van der Waals surface area contributed by atoms with Gasteiger partial charge >= 0.3 is 6.09 Å². The summed E-state index contributed by atoms with van der Waals surface area (Å²) in [5.74, 6) is 1.33. The van der Waals surface area contributed by atoms with Crippen LogP contribution in [0.1, 0.15) is 73.6 Å². The summed E-state index contributed by atoms with van der Waals surface area (Å²) in [6.07, 6.45) is 5.03. The number of nitrogens with zero attached hydrogens (tertiary/aromatic N) is 2. The molecule has 2 aliphatic heterocycles. The van der Waals surface area contributed by atoms with E-state index in [1.807, 2.05) is 39.6 Å². The third-order valence-electron chi connectivity index (χ3n) is 5.75. The van der Waals surface area contributed by atoms with Gasteiger partial charge in [-0.05, 0) is 65.7 Å². The molecule has 3 unspecified atom stereocenters. The number of aliphatic imine (C=N–C) groups is 1. The van der Waals surface area contributed by atoms with Gasteiger partial charge in [0.2, 0.25) is 0 Å². The SMILES string of the molecule is CCOC(CCNC(=NC)NC1CC2CCC(C1)N2C(=O)OC(C)(C)C)C(C)C.I. The van der Waals surface area contributed by atoms with Crippen molar-refractivity contribution in [1.29, 1.82) is 0 Å². The van der Waals surface area contributed by atoms with Gasteiger partial charge in [-0.15, -0.1) is 24.0 Å². The molecule has 0 aliphatic carbocycles. The van der Waals surface area contributed by atoms with Gasteiger partial charge < -0.3 is 25.0 Å². The van der Waals surface area contributed by atoms with E-state index >= 15 is 0 Å². The molecule has 0 aromatic carbocycles. The van der Waals surface area contributed by atoms with Crippen LogP contribution in [0.3, 0.4) is 0 Å². The van der Waals surface area contributed by atoms with Gasteiger partial charge in [0.25, 0.3) is 0 Å². The Kier molecular flexibility index (Phi) is 11.2. The fourth-order valence-electron chi connectivity index (χ4n) is 4.45. The predicted octanol–water partition coefficient (Wildman–Crippen LogP) is 4.15. The summed E-state index contributed by atoms with van der Waals surface area (Å²) in [6, 6.07) is 0.829. The second kappa shape index (κ2) is 12.3. The number of carbonyl (C=O) groups excluding carboxylic acids is 1. The number of halogens is 1. The lowest BCUT2D eigenvalue weighted by atomic mass is 9.98. The van der Waals surface area contributed by atoms with Crippen molar-refractivity contribution >= 4 is 36.0 Å². The number of ether oxygens (including phenoxy) is 2. The molecule has 2 bridgehead atoms. The van der Waals surface area contributed by atoms with Crippen LogP contribution in [-0.2, 0) is 9.47 Å². The highest BCUT2D eigenvalue weighted by molar-refractivity contribution is 14.0. The number of hydrogen-bond acceptors (Lipinski definition) is 4. The molecule has 0 aromatic heterocycles. The van der Waals surface area contributed by atoms with Crippen molar-refractivity contribution < 1.29 is 14.3 Å². The number of amides is 1. The van der Waals surface area contributed by atoms with E-state index in [2.05, 4.69) is 29.5 Å². The Morgan fingerprint density at radius 3 is 2.27 bits per heavy atom. The van der Waals surface area contributed by atoms with Gasteiger partial charge in [0.15, 0.2) is 5.96 Å². The van der Waals surface area contributed by atoms with Gasteiger partial charge in [-0.25, -0.2) is 4.79 Å². The van der Waals surface area contributed by atoms with E-state index in [1.54, 1.807) is 0 Å². The van der Waals surface area contributed by atoms with Crippen molar-refractivity contribution in [3.8, 4) is 0 Å². The van der Waals surface area contributed by atoms with E-state index in [4.69, 9.17) is 9.47 Å². The molecule has 0 radical (unpaired) electrons. The second-order valence-corrected chi connectivity index (χ2v) is 9.61. The minimum atomic E-state index is -0.451. The molecule has 176 valence electrons. The van der Waals surface area contributed by atoms with Gasteiger partial charge in [0, 0.05) is 38.3 Å². The molecule has 30 heavy (non-hydrogen) atoms. The van der Waals surface area contributed by atoms with E-state index in [-0.39, 0.29) is 48.3 Å². The summed E-state index contributed by atoms with van der Waals surface area (Å²) in [5, 5.41) is 7.00. The maximum Gasteiger partial charge on any atom is 0.410 e. The lowest BCUT2D eigenvalue weighted by Crippen LogP contribution is -2.55. The highest BCUT2D eigenvalue weighted by atomic mass is 127. The molecule has 2 saturated heterocycles. The first kappa shape index (κ1) is 27.3. The van der Waals surface area contributed by atoms with Crippen LogP contribution < -0.4 is 10.6 Å². The van der Waals surface area contributed by atoms with E-state index in [0.717, 1.165) is 51.2 Å². The molecule has 2 rings (SSSR count). The summed E-state index contributed by atoms with van der Waals surface area (Å²) in [6.45, 7) is 13.8. The third-order valence-corrected chi connectivity index (χ3v) is 5.75. The normalized spacial score (nSPS) is 25.0. The van der Waals surface area contributed by atoms with Crippen molar-refractivity contribution in [2.45, 2.75) is 103 Å². The fourth-order valence-corrected chi connectivity index (χ4v) is 4.45. The molecule has 1 amide bonds. The summed E-state index contributed by atoms with van der Waals surface area (Å²) in [4.78, 5) is 19.0. The number of carbonyl (C=O) groups is 1. The van der Waals surface area contributed by atoms with Crippen LogP contribution in [0.25, 0.3) is 0 Å². The summed E-state index contributed by atoms with van der Waals surface area (Å²) in [5.41, 5.74) is -0.451. The van der Waals surface area contributed by atoms with E-state index < -0.39 is 5.60 Å². The molecule has 3 atom stereocenters. The Hall–Kier alpha value is -0.770. The molecular weight excluding hydrogens is 495 g/mol. The first-order chi connectivity index (χ1) is 13.6. The number of piperidine rings is 1. The molecule has 2 heterocycles. The Labute approximate surface area is 200 Å². The Bertz CT molecular complexity index is 551. The molecule has 2 fully saturated rings. The van der Waals surface area contributed by atoms with Crippen LogP contribution in [0.5, 0.6) is 0 Å². The zero-order chi connectivity index (χ0) is 21.6. The zero-order valence-corrected chi connectivity index (χ0v) is 22.2. The van der Waals surface area contributed by atoms with Gasteiger partial charge in [-0.3, -0.25) is 4.99 Å². The quantitative estimate of drug-likeness (QED) is 0.290. The standard InChI is InChI=1S/C22H42N4O3.HI/c1-8-28-19(15(2)3)11-12-24-20(23-7)25-16-13-17-9-10-18(14-16)26(17)21(27)29-22(4,5)6;/h15-19H,8-14H2,1-7H3,(H2,23,24,25);1H. The fraction of sp³-hybridized carbons (Fsp3) is 0.909. The highest BCUT2D eigenvalue weighted by Crippen LogP contribution is 2.36. The van der Waals surface area contributed by atoms with Crippen LogP contribution in [0.15, 0.2) is 4.99 Å². The van der Waals surface area contributed by atoms with E-state index in [1.165, 1.54) is 0 Å². The smallest absolute Gasteiger partial charge is 0.410 e. The van der Waals surface area contributed by atoms with E-state index in [9.17, 15) is 4.79 Å². The minimum absolute atomic E-state index is 0. The molecule has 2 N–H and O–H groups in total. The first-order valence-corrected chi connectivity index (χ1v) is 11.2. The average molecular weight is 539 g/mol. The van der Waals surface area contributed by atoms with Crippen molar-refractivity contribution in [2.24, 2.45) is 10.9 Å². The van der Waals surface area contributed by atoms with Crippen molar-refractivity contribution in [1.82, 2.24) is 15.5 Å². The number of nitrogens with one attached hydrogen (secondary N) is 2. The first-order valence-electron chi connectivity index (χ1n) is 11.2. The molecule has 0 saturated carbocycles. The van der Waals surface area contributed by atoms with E-state index in [0.29, 0.717) is 12.0 Å². The van der Waals surface area contributed by atoms with Crippen LogP contribution in [0.2, 0.25) is 0 Å². The predicted molar refractivity (Wildman–Crippen MR) is 133 cm³/mol. The van der Waals surface area contributed by atoms with Crippen LogP contribution in [0.4, 0.5) is 4.79 Å². The molecule has 7 nitrogen and oxygen atoms in total. The van der Waals surface area contributed by atoms with Crippen molar-refractivity contribution in [3.63, 3.8) is 0 Å². The molecule has 2 aliphatic rings. The topological polar surface area (TPSA) is 75.2 Å². The molecule has 8 heteroatoms. The third kappa shape index (κ3) is 8.05. The van der Waals surface area contributed by atoms with Gasteiger partial charge in [0.1, 0.15) is 5.60 Å². The Morgan fingerprint density at radius 2 is 1.80 bits per heavy atom. The summed E-state index contributed by atoms with van der Waals surface area (Å²) >= 11 is 0. The minimum Gasteiger partial charge on any atom is -0.444 e. The van der Waals surface area contributed by atoms with Gasteiger partial charge in [-0.2, -0.15) is 0 Å². The lowest BCUT2D eigenvalue weighted by Gasteiger charge is -2.40. The maximum absolute atomic E-state index is 12.6. The number of hydrogen-bond donors (Lipinski definition) is 2. The number of fused-ring (bicyclic) bond motifs is 2. The van der Waals surface area contributed by atoms with Crippen molar-refractivity contribution in [3.05, 3.63) is 0 Å². The average Bonchev–Trinajstić information content (AvgIpc) is 2.89. The van der Waals surface area contributed by atoms with Gasteiger partial charge in [-0.1, -0.05) is 13.8 Å². The Balaban J connectivity index is 0.00000450. The highest BCUT2D eigenvalue weighted by Gasteiger charge is 2.45. The molecule has 0 aromatic rings. The second-order valence-electron chi connectivity index (χ2n) is 9.61.